The Hall–Kier alpha value is -0.188. The SMILES string of the molecule is CC(=O)O.CC([NH-])O.CC([NH-])O.CC([NH-])O.CC([NH-])O.[Pd]. The van der Waals surface area contributed by atoms with E-state index in [2.05, 4.69) is 0 Å². The molecule has 0 radical (unpaired) electrons. The number of rotatable bonds is 0. The van der Waals surface area contributed by atoms with Gasteiger partial charge < -0.3 is 48.5 Å². The molecule has 0 bridgehead atoms. The maximum absolute atomic E-state index is 9.00. The standard InChI is InChI=1S/4C2H6NO.C2H4O2.Pd/c5*1-2(3)4;/h4*2-4H,1H3;1H3,(H,3,4);/q4*-1;;. The minimum absolute atomic E-state index is 0. The summed E-state index contributed by atoms with van der Waals surface area (Å²) in [6.07, 6.45) is -3.67. The topological polar surface area (TPSA) is 213 Å². The molecular formula is C10H28N4O6Pd-4. The average molecular weight is 407 g/mol. The summed E-state index contributed by atoms with van der Waals surface area (Å²) in [4.78, 5) is 9.00. The summed E-state index contributed by atoms with van der Waals surface area (Å²) >= 11 is 0. The van der Waals surface area contributed by atoms with Crippen molar-refractivity contribution in [3.8, 4) is 0 Å². The Morgan fingerprint density at radius 3 is 0.714 bits per heavy atom. The molecular weight excluding hydrogens is 379 g/mol. The van der Waals surface area contributed by atoms with Gasteiger partial charge in [0.2, 0.25) is 0 Å². The number of hydrogen-bond donors (Lipinski definition) is 5. The first-order chi connectivity index (χ1) is 8.66. The molecule has 0 saturated heterocycles. The minimum Gasteiger partial charge on any atom is -0.652 e. The van der Waals surface area contributed by atoms with E-state index in [1.54, 1.807) is 0 Å². The van der Waals surface area contributed by atoms with E-state index in [4.69, 9.17) is 53.3 Å². The van der Waals surface area contributed by atoms with Crippen LogP contribution < -0.4 is 0 Å². The molecule has 0 spiro atoms. The van der Waals surface area contributed by atoms with Crippen LogP contribution in [-0.4, -0.2) is 56.4 Å². The van der Waals surface area contributed by atoms with E-state index in [0.29, 0.717) is 0 Å². The molecule has 0 amide bonds. The molecule has 0 aromatic heterocycles. The van der Waals surface area contributed by atoms with Crippen molar-refractivity contribution in [3.05, 3.63) is 22.9 Å². The van der Waals surface area contributed by atoms with Crippen molar-refractivity contribution in [2.45, 2.75) is 59.5 Å². The Bertz CT molecular complexity index is 135. The number of aliphatic hydroxyl groups excluding tert-OH is 4. The molecule has 0 heterocycles. The van der Waals surface area contributed by atoms with Crippen LogP contribution in [0.5, 0.6) is 0 Å². The molecule has 0 fully saturated rings. The summed E-state index contributed by atoms with van der Waals surface area (Å²) in [5, 5.41) is 38.3. The van der Waals surface area contributed by atoms with E-state index >= 15 is 0 Å². The Morgan fingerprint density at radius 1 is 0.714 bits per heavy atom. The molecule has 21 heavy (non-hydrogen) atoms. The molecule has 10 nitrogen and oxygen atoms in total. The molecule has 4 atom stereocenters. The molecule has 0 aliphatic rings. The average Bonchev–Trinajstić information content (AvgIpc) is 1.94. The van der Waals surface area contributed by atoms with Gasteiger partial charge in [0.05, 0.1) is 0 Å². The number of nitrogens with one attached hydrogen (secondary N) is 4. The number of carbonyl (C=O) groups is 1. The first-order valence-corrected chi connectivity index (χ1v) is 5.42. The minimum atomic E-state index is -0.917. The van der Waals surface area contributed by atoms with E-state index in [-0.39, 0.29) is 20.4 Å². The quantitative estimate of drug-likeness (QED) is 0.376. The van der Waals surface area contributed by atoms with Crippen molar-refractivity contribution in [2.24, 2.45) is 0 Å². The van der Waals surface area contributed by atoms with Crippen molar-refractivity contribution in [1.82, 2.24) is 0 Å². The third-order valence-corrected chi connectivity index (χ3v) is 0. The molecule has 9 N–H and O–H groups in total. The van der Waals surface area contributed by atoms with Gasteiger partial charge in [-0.05, 0) is 24.9 Å². The summed E-state index contributed by atoms with van der Waals surface area (Å²) in [5.74, 6) is -0.833. The van der Waals surface area contributed by atoms with Crippen LogP contribution in [0.15, 0.2) is 0 Å². The first kappa shape index (κ1) is 37.2. The zero-order chi connectivity index (χ0) is 17.9. The fourth-order valence-corrected chi connectivity index (χ4v) is 0. The van der Waals surface area contributed by atoms with Crippen molar-refractivity contribution in [1.29, 1.82) is 0 Å². The van der Waals surface area contributed by atoms with Crippen LogP contribution in [0.4, 0.5) is 0 Å². The van der Waals surface area contributed by atoms with Crippen LogP contribution in [0.3, 0.4) is 0 Å². The second-order valence-corrected chi connectivity index (χ2v) is 3.22. The summed E-state index contributed by atoms with van der Waals surface area (Å²) in [7, 11) is 0. The van der Waals surface area contributed by atoms with E-state index in [9.17, 15) is 0 Å². The summed E-state index contributed by atoms with van der Waals surface area (Å²) < 4.78 is 0. The summed E-state index contributed by atoms with van der Waals surface area (Å²) in [6, 6.07) is 0. The molecule has 138 valence electrons. The van der Waals surface area contributed by atoms with Gasteiger partial charge in [-0.25, -0.2) is 0 Å². The zero-order valence-corrected chi connectivity index (χ0v) is 14.3. The molecule has 11 heteroatoms. The van der Waals surface area contributed by atoms with Crippen molar-refractivity contribution in [3.63, 3.8) is 0 Å². The summed E-state index contributed by atoms with van der Waals surface area (Å²) in [5.41, 5.74) is 24.6. The number of carboxylic acid groups (broad SMARTS) is 1. The van der Waals surface area contributed by atoms with E-state index in [0.717, 1.165) is 6.92 Å². The van der Waals surface area contributed by atoms with Gasteiger partial charge in [0.15, 0.2) is 0 Å². The smallest absolute Gasteiger partial charge is 0.300 e. The van der Waals surface area contributed by atoms with Crippen LogP contribution in [0.1, 0.15) is 34.6 Å². The molecule has 0 aromatic rings. The van der Waals surface area contributed by atoms with Crippen LogP contribution in [0.2, 0.25) is 0 Å². The third kappa shape index (κ3) is 178000. The van der Waals surface area contributed by atoms with E-state index in [1.807, 2.05) is 0 Å². The van der Waals surface area contributed by atoms with Gasteiger partial charge >= 0.3 is 0 Å². The van der Waals surface area contributed by atoms with Gasteiger partial charge in [-0.2, -0.15) is 0 Å². The molecule has 0 aromatic carbocycles. The first-order valence-electron chi connectivity index (χ1n) is 5.42. The van der Waals surface area contributed by atoms with Gasteiger partial charge in [-0.3, -0.25) is 4.79 Å². The largest absolute Gasteiger partial charge is 0.652 e. The van der Waals surface area contributed by atoms with Gasteiger partial charge in [0.25, 0.3) is 5.97 Å². The summed E-state index contributed by atoms with van der Waals surface area (Å²) in [6.45, 7) is 6.64. The third-order valence-electron chi connectivity index (χ3n) is 0. The second kappa shape index (κ2) is 32.0. The Balaban J connectivity index is -0.0000000331. The number of carboxylic acids is 1. The zero-order valence-electron chi connectivity index (χ0n) is 12.8. The van der Waals surface area contributed by atoms with Gasteiger partial charge in [0.1, 0.15) is 0 Å². The normalized spacial score (nSPS) is 13.2. The molecule has 0 aliphatic heterocycles. The van der Waals surface area contributed by atoms with E-state index in [1.165, 1.54) is 27.7 Å². The number of hydrogen-bond acceptors (Lipinski definition) is 5. The predicted octanol–water partition coefficient (Wildman–Crippen LogP) is 1.60. The maximum atomic E-state index is 9.00. The molecule has 0 saturated carbocycles. The Morgan fingerprint density at radius 2 is 0.714 bits per heavy atom. The van der Waals surface area contributed by atoms with Crippen molar-refractivity contribution in [2.75, 3.05) is 0 Å². The molecule has 4 unspecified atom stereocenters. The molecule has 0 rings (SSSR count). The van der Waals surface area contributed by atoms with E-state index < -0.39 is 30.9 Å². The number of aliphatic carboxylic acids is 1. The number of aliphatic hydroxyl groups is 4. The van der Waals surface area contributed by atoms with Crippen LogP contribution in [0.25, 0.3) is 22.9 Å². The fourth-order valence-electron chi connectivity index (χ4n) is 0. The van der Waals surface area contributed by atoms with Crippen LogP contribution >= 0.6 is 0 Å². The fraction of sp³-hybridized carbons (Fsp3) is 0.900. The monoisotopic (exact) mass is 406 g/mol. The van der Waals surface area contributed by atoms with Crippen molar-refractivity contribution >= 4 is 5.97 Å². The van der Waals surface area contributed by atoms with Gasteiger partial charge in [-0.15, -0.1) is 0 Å². The van der Waals surface area contributed by atoms with Crippen LogP contribution in [0, 0.1) is 0 Å². The van der Waals surface area contributed by atoms with Crippen molar-refractivity contribution < 1.29 is 50.7 Å². The van der Waals surface area contributed by atoms with Gasteiger partial charge in [-0.1, -0.05) is 27.7 Å². The second-order valence-electron chi connectivity index (χ2n) is 3.22. The van der Waals surface area contributed by atoms with Gasteiger partial charge in [0, 0.05) is 27.3 Å². The Labute approximate surface area is 139 Å². The maximum Gasteiger partial charge on any atom is 0.300 e. The Kier molecular flexibility index (Phi) is 56.7. The molecule has 0 aliphatic carbocycles. The van der Waals surface area contributed by atoms with Crippen LogP contribution in [-0.2, 0) is 25.2 Å². The predicted molar refractivity (Wildman–Crippen MR) is 77.3 cm³/mol.